The van der Waals surface area contributed by atoms with E-state index in [4.69, 9.17) is 4.74 Å². The molecule has 2 N–H and O–H groups in total. The Morgan fingerprint density at radius 2 is 1.59 bits per heavy atom. The Kier molecular flexibility index (Phi) is 7.53. The van der Waals surface area contributed by atoms with Crippen LogP contribution in [0.25, 0.3) is 0 Å². The third kappa shape index (κ3) is 7.41. The van der Waals surface area contributed by atoms with E-state index in [1.54, 1.807) is 24.3 Å². The second-order valence-corrected chi connectivity index (χ2v) is 8.10. The van der Waals surface area contributed by atoms with Gasteiger partial charge in [-0.2, -0.15) is 0 Å². The third-order valence-corrected chi connectivity index (χ3v) is 4.13. The third-order valence-electron chi connectivity index (χ3n) is 4.13. The Hall–Kier alpha value is -3.15. The molecule has 0 aliphatic rings. The molecule has 2 rings (SSSR count). The maximum atomic E-state index is 12.7. The van der Waals surface area contributed by atoms with Crippen LogP contribution in [-0.4, -0.2) is 24.4 Å². The van der Waals surface area contributed by atoms with Gasteiger partial charge in [0.25, 0.3) is 11.8 Å². The van der Waals surface area contributed by atoms with Crippen LogP contribution in [0.2, 0.25) is 0 Å². The zero-order valence-electron chi connectivity index (χ0n) is 17.3. The minimum Gasteiger partial charge on any atom is -0.456 e. The summed E-state index contributed by atoms with van der Waals surface area (Å²) in [5, 5.41) is 5.57. The number of nitrogens with one attached hydrogen (secondary N) is 2. The summed E-state index contributed by atoms with van der Waals surface area (Å²) < 4.78 is 5.02. The van der Waals surface area contributed by atoms with Crippen LogP contribution >= 0.6 is 0 Å². The number of rotatable bonds is 7. The Bertz CT molecular complexity index is 857. The second-order valence-electron chi connectivity index (χ2n) is 8.10. The van der Waals surface area contributed by atoms with E-state index in [0.29, 0.717) is 11.3 Å². The molecule has 0 unspecified atom stereocenters. The second kappa shape index (κ2) is 9.87. The molecular formula is C23H28N2O4. The quantitative estimate of drug-likeness (QED) is 0.690. The van der Waals surface area contributed by atoms with Crippen molar-refractivity contribution < 1.29 is 19.1 Å². The van der Waals surface area contributed by atoms with Crippen molar-refractivity contribution in [2.75, 3.05) is 11.9 Å². The number of ether oxygens (including phenoxy) is 1. The van der Waals surface area contributed by atoms with E-state index in [1.165, 1.54) is 0 Å². The van der Waals surface area contributed by atoms with Crippen LogP contribution in [-0.2, 0) is 14.3 Å². The van der Waals surface area contributed by atoms with Crippen molar-refractivity contribution in [3.8, 4) is 0 Å². The van der Waals surface area contributed by atoms with Crippen LogP contribution in [0.15, 0.2) is 54.6 Å². The summed E-state index contributed by atoms with van der Waals surface area (Å²) in [6.07, 6.45) is 0.219. The van der Waals surface area contributed by atoms with Crippen molar-refractivity contribution >= 4 is 23.5 Å². The fourth-order valence-corrected chi connectivity index (χ4v) is 2.71. The van der Waals surface area contributed by atoms with Crippen LogP contribution in [0.5, 0.6) is 0 Å². The molecule has 0 saturated carbocycles. The molecule has 154 valence electrons. The number of carbonyl (C=O) groups excluding carboxylic acids is 3. The van der Waals surface area contributed by atoms with E-state index in [1.807, 2.05) is 58.0 Å². The van der Waals surface area contributed by atoms with Gasteiger partial charge in [0.05, 0.1) is 23.7 Å². The van der Waals surface area contributed by atoms with Crippen LogP contribution in [0.3, 0.4) is 0 Å². The first-order valence-corrected chi connectivity index (χ1v) is 9.56. The molecule has 2 amide bonds. The Morgan fingerprint density at radius 1 is 0.966 bits per heavy atom. The highest BCUT2D eigenvalue weighted by atomic mass is 16.5. The van der Waals surface area contributed by atoms with E-state index in [2.05, 4.69) is 10.6 Å². The fourth-order valence-electron chi connectivity index (χ4n) is 2.71. The molecule has 2 aromatic carbocycles. The number of esters is 1. The average Bonchev–Trinajstić information content (AvgIpc) is 2.66. The maximum absolute atomic E-state index is 12.7. The van der Waals surface area contributed by atoms with Crippen LogP contribution in [0.1, 0.15) is 56.1 Å². The summed E-state index contributed by atoms with van der Waals surface area (Å²) in [6.45, 7) is 7.24. The van der Waals surface area contributed by atoms with Crippen LogP contribution in [0.4, 0.5) is 5.69 Å². The number of benzene rings is 2. The van der Waals surface area contributed by atoms with E-state index in [-0.39, 0.29) is 23.8 Å². The van der Waals surface area contributed by atoms with Crippen molar-refractivity contribution in [3.05, 3.63) is 65.7 Å². The van der Waals surface area contributed by atoms with Gasteiger partial charge in [0.2, 0.25) is 0 Å². The predicted molar refractivity (Wildman–Crippen MR) is 112 cm³/mol. The summed E-state index contributed by atoms with van der Waals surface area (Å²) in [6, 6.07) is 16.1. The van der Waals surface area contributed by atoms with Gasteiger partial charge in [-0.05, 0) is 30.0 Å². The molecule has 6 nitrogen and oxygen atoms in total. The van der Waals surface area contributed by atoms with Crippen LogP contribution < -0.4 is 10.6 Å². The lowest BCUT2D eigenvalue weighted by Gasteiger charge is -2.17. The molecule has 2 aromatic rings. The molecule has 0 aromatic heterocycles. The highest BCUT2D eigenvalue weighted by Gasteiger charge is 2.19. The van der Waals surface area contributed by atoms with Gasteiger partial charge in [-0.15, -0.1) is 0 Å². The molecule has 0 aliphatic carbocycles. The van der Waals surface area contributed by atoms with Gasteiger partial charge in [0.15, 0.2) is 6.61 Å². The number of amides is 2. The normalized spacial score (nSPS) is 12.0. The average molecular weight is 396 g/mol. The highest BCUT2D eigenvalue weighted by molar-refractivity contribution is 6.04. The van der Waals surface area contributed by atoms with E-state index < -0.39 is 18.5 Å². The summed E-state index contributed by atoms with van der Waals surface area (Å²) in [7, 11) is 0. The van der Waals surface area contributed by atoms with Crippen molar-refractivity contribution in [1.29, 1.82) is 0 Å². The number of carbonyl (C=O) groups is 3. The van der Waals surface area contributed by atoms with Crippen molar-refractivity contribution in [3.63, 3.8) is 0 Å². The number of hydrogen-bond donors (Lipinski definition) is 2. The standard InChI is InChI=1S/C23H28N2O4/c1-16(17-10-6-5-7-11-17)24-22(28)18-12-8-9-13-19(18)25-20(26)15-29-21(27)14-23(2,3)4/h5-13,16H,14-15H2,1-4H3,(H,24,28)(H,25,26)/t16-/m1/s1. The molecule has 0 heterocycles. The first-order chi connectivity index (χ1) is 13.7. The molecule has 0 aliphatic heterocycles. The maximum Gasteiger partial charge on any atom is 0.306 e. The molecule has 0 radical (unpaired) electrons. The molecule has 6 heteroatoms. The largest absolute Gasteiger partial charge is 0.456 e. The topological polar surface area (TPSA) is 84.5 Å². The van der Waals surface area contributed by atoms with Gasteiger partial charge in [-0.1, -0.05) is 63.2 Å². The van der Waals surface area contributed by atoms with Gasteiger partial charge in [0.1, 0.15) is 0 Å². The summed E-state index contributed by atoms with van der Waals surface area (Å²) >= 11 is 0. The molecule has 0 spiro atoms. The van der Waals surface area contributed by atoms with E-state index in [0.717, 1.165) is 5.56 Å². The monoisotopic (exact) mass is 396 g/mol. The first-order valence-electron chi connectivity index (χ1n) is 9.56. The lowest BCUT2D eigenvalue weighted by atomic mass is 9.92. The van der Waals surface area contributed by atoms with Crippen molar-refractivity contribution in [2.24, 2.45) is 5.41 Å². The molecule has 0 fully saturated rings. The minimum absolute atomic E-state index is 0.189. The van der Waals surface area contributed by atoms with Crippen LogP contribution in [0, 0.1) is 5.41 Å². The molecule has 0 saturated heterocycles. The lowest BCUT2D eigenvalue weighted by Crippen LogP contribution is -2.28. The predicted octanol–water partition coefficient (Wildman–Crippen LogP) is 4.10. The fraction of sp³-hybridized carbons (Fsp3) is 0.348. The molecular weight excluding hydrogens is 368 g/mol. The lowest BCUT2D eigenvalue weighted by molar-refractivity contribution is -0.149. The van der Waals surface area contributed by atoms with Gasteiger partial charge >= 0.3 is 5.97 Å². The zero-order valence-corrected chi connectivity index (χ0v) is 17.3. The Morgan fingerprint density at radius 3 is 2.24 bits per heavy atom. The van der Waals surface area contributed by atoms with E-state index in [9.17, 15) is 14.4 Å². The van der Waals surface area contributed by atoms with Gasteiger partial charge < -0.3 is 15.4 Å². The summed E-state index contributed by atoms with van der Waals surface area (Å²) in [5.74, 6) is -1.24. The molecule has 0 bridgehead atoms. The minimum atomic E-state index is -0.497. The van der Waals surface area contributed by atoms with Gasteiger partial charge in [0, 0.05) is 0 Å². The molecule has 29 heavy (non-hydrogen) atoms. The van der Waals surface area contributed by atoms with E-state index >= 15 is 0 Å². The van der Waals surface area contributed by atoms with Gasteiger partial charge in [-0.25, -0.2) is 0 Å². The van der Waals surface area contributed by atoms with Crippen molar-refractivity contribution in [2.45, 2.75) is 40.2 Å². The summed E-state index contributed by atoms with van der Waals surface area (Å²) in [4.78, 5) is 36.7. The first kappa shape index (κ1) is 22.1. The Labute approximate surface area is 171 Å². The molecule has 1 atom stereocenters. The number of hydrogen-bond acceptors (Lipinski definition) is 4. The van der Waals surface area contributed by atoms with Gasteiger partial charge in [-0.3, -0.25) is 14.4 Å². The number of anilines is 1. The number of para-hydroxylation sites is 1. The van der Waals surface area contributed by atoms with Crippen molar-refractivity contribution in [1.82, 2.24) is 5.32 Å². The summed E-state index contributed by atoms with van der Waals surface area (Å²) in [5.41, 5.74) is 1.47. The zero-order chi connectivity index (χ0) is 21.4. The Balaban J connectivity index is 1.98. The smallest absolute Gasteiger partial charge is 0.306 e. The highest BCUT2D eigenvalue weighted by Crippen LogP contribution is 2.20. The SMILES string of the molecule is C[C@@H](NC(=O)c1ccccc1NC(=O)COC(=O)CC(C)(C)C)c1ccccc1.